The van der Waals surface area contributed by atoms with Gasteiger partial charge in [0.25, 0.3) is 0 Å². The van der Waals surface area contributed by atoms with Crippen LogP contribution in [0.1, 0.15) is 61.6 Å². The lowest BCUT2D eigenvalue weighted by Crippen LogP contribution is -2.46. The minimum absolute atomic E-state index is 0.0811. The number of halogens is 6. The lowest BCUT2D eigenvalue weighted by molar-refractivity contribution is -0.211. The second kappa shape index (κ2) is 7.91. The van der Waals surface area contributed by atoms with Crippen molar-refractivity contribution in [3.8, 4) is 5.75 Å². The maximum atomic E-state index is 12.7. The number of esters is 2. The van der Waals surface area contributed by atoms with Crippen molar-refractivity contribution in [2.75, 3.05) is 0 Å². The SMILES string of the molecule is Cc1cc(OC(=O)C(F)(F)F)cc2c1[C@H]1CC[C@]3(C)[C@@H](OC(=O)C(F)(F)F)CC[C@H]3[C@@H]1CC2. The summed E-state index contributed by atoms with van der Waals surface area (Å²) in [5, 5.41) is 0. The van der Waals surface area contributed by atoms with Crippen LogP contribution in [-0.4, -0.2) is 30.4 Å². The minimum Gasteiger partial charge on any atom is -0.455 e. The molecule has 5 atom stereocenters. The van der Waals surface area contributed by atoms with E-state index >= 15 is 0 Å². The first-order chi connectivity index (χ1) is 15.2. The first-order valence-corrected chi connectivity index (χ1v) is 10.9. The molecule has 1 aromatic carbocycles. The molecule has 0 amide bonds. The van der Waals surface area contributed by atoms with Gasteiger partial charge in [0.1, 0.15) is 11.9 Å². The summed E-state index contributed by atoms with van der Waals surface area (Å²) in [6.07, 6.45) is -7.33. The summed E-state index contributed by atoms with van der Waals surface area (Å²) < 4.78 is 85.3. The monoisotopic (exact) mass is 478 g/mol. The van der Waals surface area contributed by atoms with Gasteiger partial charge in [-0.15, -0.1) is 0 Å². The molecule has 0 aromatic heterocycles. The topological polar surface area (TPSA) is 52.6 Å². The van der Waals surface area contributed by atoms with Crippen LogP contribution in [0.3, 0.4) is 0 Å². The number of aryl methyl sites for hydroxylation is 2. The van der Waals surface area contributed by atoms with E-state index in [0.717, 1.165) is 16.7 Å². The molecule has 4 rings (SSSR count). The minimum atomic E-state index is -5.09. The molecule has 2 saturated carbocycles. The number of alkyl halides is 6. The molecule has 3 aliphatic carbocycles. The normalized spacial score (nSPS) is 31.3. The summed E-state index contributed by atoms with van der Waals surface area (Å²) in [7, 11) is 0. The number of rotatable bonds is 2. The highest BCUT2D eigenvalue weighted by molar-refractivity contribution is 5.78. The van der Waals surface area contributed by atoms with Crippen molar-refractivity contribution in [2.24, 2.45) is 17.3 Å². The van der Waals surface area contributed by atoms with Gasteiger partial charge in [-0.1, -0.05) is 6.92 Å². The van der Waals surface area contributed by atoms with Crippen LogP contribution in [0.4, 0.5) is 26.3 Å². The summed E-state index contributed by atoms with van der Waals surface area (Å²) in [5.41, 5.74) is 2.04. The number of ether oxygens (including phenoxy) is 2. The average Bonchev–Trinajstić information content (AvgIpc) is 3.02. The molecule has 0 spiro atoms. The largest absolute Gasteiger partial charge is 0.491 e. The molecule has 0 bridgehead atoms. The van der Waals surface area contributed by atoms with E-state index in [4.69, 9.17) is 4.74 Å². The fraction of sp³-hybridized carbons (Fsp3) is 0.652. The van der Waals surface area contributed by atoms with Crippen LogP contribution in [0.5, 0.6) is 5.75 Å². The van der Waals surface area contributed by atoms with Gasteiger partial charge in [0.05, 0.1) is 0 Å². The maximum absolute atomic E-state index is 12.7. The Morgan fingerprint density at radius 3 is 2.27 bits per heavy atom. The van der Waals surface area contributed by atoms with Gasteiger partial charge >= 0.3 is 24.3 Å². The highest BCUT2D eigenvalue weighted by Crippen LogP contribution is 2.62. The second-order valence-electron chi connectivity index (χ2n) is 9.63. The quantitative estimate of drug-likeness (QED) is 0.307. The van der Waals surface area contributed by atoms with E-state index in [0.29, 0.717) is 38.5 Å². The zero-order chi connectivity index (χ0) is 24.3. The summed E-state index contributed by atoms with van der Waals surface area (Å²) in [4.78, 5) is 22.7. The Balaban J connectivity index is 1.56. The van der Waals surface area contributed by atoms with E-state index in [2.05, 4.69) is 4.74 Å². The zero-order valence-electron chi connectivity index (χ0n) is 18.1. The Labute approximate surface area is 186 Å². The number of benzene rings is 1. The van der Waals surface area contributed by atoms with E-state index in [1.54, 1.807) is 6.92 Å². The van der Waals surface area contributed by atoms with Crippen molar-refractivity contribution >= 4 is 11.9 Å². The van der Waals surface area contributed by atoms with Crippen LogP contribution < -0.4 is 4.74 Å². The maximum Gasteiger partial charge on any atom is 0.491 e. The summed E-state index contributed by atoms with van der Waals surface area (Å²) in [6.45, 7) is 3.67. The summed E-state index contributed by atoms with van der Waals surface area (Å²) in [6, 6.07) is 2.92. The number of hydrogen-bond donors (Lipinski definition) is 0. The Morgan fingerprint density at radius 2 is 1.64 bits per heavy atom. The van der Waals surface area contributed by atoms with Crippen LogP contribution in [0.15, 0.2) is 12.1 Å². The van der Waals surface area contributed by atoms with Crippen molar-refractivity contribution in [1.29, 1.82) is 0 Å². The predicted octanol–water partition coefficient (Wildman–Crippen LogP) is 5.79. The Bertz CT molecular complexity index is 969. The van der Waals surface area contributed by atoms with Crippen LogP contribution >= 0.6 is 0 Å². The van der Waals surface area contributed by atoms with Crippen molar-refractivity contribution in [1.82, 2.24) is 0 Å². The Hall–Kier alpha value is -2.26. The molecular formula is C23H24F6O4. The van der Waals surface area contributed by atoms with E-state index < -0.39 is 35.8 Å². The van der Waals surface area contributed by atoms with E-state index in [9.17, 15) is 35.9 Å². The van der Waals surface area contributed by atoms with Crippen LogP contribution in [-0.2, 0) is 20.7 Å². The van der Waals surface area contributed by atoms with Gasteiger partial charge in [0.15, 0.2) is 0 Å². The molecule has 0 unspecified atom stereocenters. The molecule has 2 fully saturated rings. The molecule has 1 aromatic rings. The number of carbonyl (C=O) groups is 2. The van der Waals surface area contributed by atoms with Crippen molar-refractivity contribution in [2.45, 2.75) is 76.7 Å². The molecule has 0 radical (unpaired) electrons. The van der Waals surface area contributed by atoms with Crippen LogP contribution in [0.2, 0.25) is 0 Å². The summed E-state index contributed by atoms with van der Waals surface area (Å²) in [5.74, 6) is -4.20. The van der Waals surface area contributed by atoms with E-state index in [-0.39, 0.29) is 23.5 Å². The predicted molar refractivity (Wildman–Crippen MR) is 103 cm³/mol. The first-order valence-electron chi connectivity index (χ1n) is 10.9. The van der Waals surface area contributed by atoms with E-state index in [1.807, 2.05) is 6.92 Å². The Morgan fingerprint density at radius 1 is 0.970 bits per heavy atom. The molecule has 0 heterocycles. The second-order valence-corrected chi connectivity index (χ2v) is 9.63. The number of hydrogen-bond acceptors (Lipinski definition) is 4. The fourth-order valence-corrected chi connectivity index (χ4v) is 6.51. The zero-order valence-corrected chi connectivity index (χ0v) is 18.1. The smallest absolute Gasteiger partial charge is 0.455 e. The number of fused-ring (bicyclic) bond motifs is 5. The van der Waals surface area contributed by atoms with Gasteiger partial charge in [-0.3, -0.25) is 0 Å². The molecule has 33 heavy (non-hydrogen) atoms. The molecule has 3 aliphatic rings. The van der Waals surface area contributed by atoms with Crippen LogP contribution in [0, 0.1) is 24.2 Å². The van der Waals surface area contributed by atoms with Crippen LogP contribution in [0.25, 0.3) is 0 Å². The molecular weight excluding hydrogens is 454 g/mol. The highest BCUT2D eigenvalue weighted by Gasteiger charge is 2.57. The third-order valence-corrected chi connectivity index (χ3v) is 7.84. The van der Waals surface area contributed by atoms with E-state index in [1.165, 1.54) is 12.1 Å². The molecule has 4 nitrogen and oxygen atoms in total. The van der Waals surface area contributed by atoms with Crippen molar-refractivity contribution < 1.29 is 45.4 Å². The highest BCUT2D eigenvalue weighted by atomic mass is 19.4. The average molecular weight is 478 g/mol. The van der Waals surface area contributed by atoms with Gasteiger partial charge in [0, 0.05) is 5.41 Å². The van der Waals surface area contributed by atoms with Gasteiger partial charge in [0.2, 0.25) is 0 Å². The molecule has 0 aliphatic heterocycles. The molecule has 10 heteroatoms. The molecule has 182 valence electrons. The molecule has 0 saturated heterocycles. The third kappa shape index (κ3) is 4.21. The lowest BCUT2D eigenvalue weighted by Gasteiger charge is -2.50. The van der Waals surface area contributed by atoms with Crippen molar-refractivity contribution in [3.05, 3.63) is 28.8 Å². The standard InChI is InChI=1S/C23H24F6O4/c1-11-9-13(32-19(30)22(24,25)26)10-12-3-4-14-15(18(11)12)7-8-21(2)16(14)5-6-17(21)33-20(31)23(27,28)29/h9-10,14-17H,3-8H2,1-2H3/t14-,15+,16+,17+,21+/m1/s1. The van der Waals surface area contributed by atoms with Gasteiger partial charge in [-0.05, 0) is 92.0 Å². The Kier molecular flexibility index (Phi) is 5.72. The third-order valence-electron chi connectivity index (χ3n) is 7.84. The van der Waals surface area contributed by atoms with Gasteiger partial charge in [-0.25, -0.2) is 9.59 Å². The first kappa shape index (κ1) is 23.9. The van der Waals surface area contributed by atoms with Gasteiger partial charge < -0.3 is 9.47 Å². The van der Waals surface area contributed by atoms with Gasteiger partial charge in [-0.2, -0.15) is 26.3 Å². The fourth-order valence-electron chi connectivity index (χ4n) is 6.51. The summed E-state index contributed by atoms with van der Waals surface area (Å²) >= 11 is 0. The molecule has 0 N–H and O–H groups in total. The lowest BCUT2D eigenvalue weighted by atomic mass is 9.55. The van der Waals surface area contributed by atoms with Crippen molar-refractivity contribution in [3.63, 3.8) is 0 Å². The number of carbonyl (C=O) groups excluding carboxylic acids is 2.